The summed E-state index contributed by atoms with van der Waals surface area (Å²) in [5, 5.41) is 3.11. The fraction of sp³-hybridized carbons (Fsp3) is 0.375. The Balaban J connectivity index is -0.000000810. The van der Waals surface area contributed by atoms with Crippen LogP contribution in [0.3, 0.4) is 0 Å². The number of halogens is 3. The Morgan fingerprint density at radius 2 is 1.62 bits per heavy atom. The van der Waals surface area contributed by atoms with E-state index >= 15 is 0 Å². The predicted molar refractivity (Wildman–Crippen MR) is 77.9 cm³/mol. The molecule has 0 saturated carbocycles. The maximum atomic E-state index is 3.63. The van der Waals surface area contributed by atoms with Gasteiger partial charge in [-0.2, -0.15) is 6.08 Å². The molecule has 0 spiro atoms. The molecule has 0 saturated heterocycles. The first-order valence-electron chi connectivity index (χ1n) is 6.58. The minimum Gasteiger partial charge on any atom is -1.00 e. The van der Waals surface area contributed by atoms with Crippen LogP contribution in [0.1, 0.15) is 26.7 Å². The fourth-order valence-corrected chi connectivity index (χ4v) is 6.15. The SMILES string of the molecule is CCC1=CC[C-]=C1[Si](C)(CC)c1ccccc1.[Cl-].[Cl-].[Cl-].[Ti+4]. The monoisotopic (exact) mass is 394 g/mol. The molecule has 1 aliphatic rings. The van der Waals surface area contributed by atoms with Crippen molar-refractivity contribution >= 4 is 13.3 Å². The van der Waals surface area contributed by atoms with E-state index in [-0.39, 0.29) is 58.9 Å². The molecule has 1 atom stereocenters. The first kappa shape index (κ1) is 26.4. The third-order valence-corrected chi connectivity index (χ3v) is 8.62. The number of allylic oxidation sites excluding steroid dienone is 4. The summed E-state index contributed by atoms with van der Waals surface area (Å²) in [6.07, 6.45) is 8.17. The largest absolute Gasteiger partial charge is 4.00 e. The van der Waals surface area contributed by atoms with Crippen molar-refractivity contribution in [3.63, 3.8) is 0 Å². The van der Waals surface area contributed by atoms with Crippen LogP contribution in [0.2, 0.25) is 12.6 Å². The zero-order chi connectivity index (χ0) is 12.3. The first-order valence-corrected chi connectivity index (χ1v) is 9.29. The van der Waals surface area contributed by atoms with Gasteiger partial charge < -0.3 is 37.2 Å². The Kier molecular flexibility index (Phi) is 15.1. The van der Waals surface area contributed by atoms with E-state index in [1.807, 2.05) is 0 Å². The van der Waals surface area contributed by atoms with Crippen LogP contribution < -0.4 is 42.4 Å². The van der Waals surface area contributed by atoms with Crippen molar-refractivity contribution in [3.8, 4) is 0 Å². The molecule has 2 rings (SSSR count). The predicted octanol–water partition coefficient (Wildman–Crippen LogP) is -4.99. The van der Waals surface area contributed by atoms with E-state index in [2.05, 4.69) is 62.9 Å². The van der Waals surface area contributed by atoms with Crippen molar-refractivity contribution in [2.75, 3.05) is 0 Å². The van der Waals surface area contributed by atoms with E-state index in [4.69, 9.17) is 0 Å². The second-order valence-corrected chi connectivity index (χ2v) is 9.34. The Labute approximate surface area is 164 Å². The molecule has 0 N–H and O–H groups in total. The van der Waals surface area contributed by atoms with Crippen LogP contribution in [-0.4, -0.2) is 8.07 Å². The fourth-order valence-electron chi connectivity index (χ4n) is 2.69. The molecule has 0 aliphatic heterocycles. The van der Waals surface area contributed by atoms with Crippen LogP contribution in [0.5, 0.6) is 0 Å². The molecule has 0 aromatic heterocycles. The van der Waals surface area contributed by atoms with Gasteiger partial charge in [0.1, 0.15) is 0 Å². The Bertz CT molecular complexity index is 460. The standard InChI is InChI=1S/C16H21Si.3ClH.Ti/c1-4-14-10-9-13-16(14)17(3,5-2)15-11-7-6-8-12-15;;;;/h6-8,10-12H,4-5,9H2,1-3H3;3*1H;/q-1;;;;+4/p-3. The third-order valence-electron chi connectivity index (χ3n) is 4.00. The average Bonchev–Trinajstić information content (AvgIpc) is 2.87. The molecule has 0 bridgehead atoms. The van der Waals surface area contributed by atoms with Gasteiger partial charge in [-0.05, 0) is 0 Å². The van der Waals surface area contributed by atoms with Gasteiger partial charge in [-0.25, -0.2) is 10.8 Å². The van der Waals surface area contributed by atoms with Crippen LogP contribution in [0.4, 0.5) is 0 Å². The van der Waals surface area contributed by atoms with E-state index in [9.17, 15) is 0 Å². The second-order valence-electron chi connectivity index (χ2n) is 4.89. The summed E-state index contributed by atoms with van der Waals surface area (Å²) >= 11 is 0. The molecule has 1 unspecified atom stereocenters. The molecule has 1 aliphatic carbocycles. The van der Waals surface area contributed by atoms with Crippen LogP contribution in [0, 0.1) is 6.08 Å². The van der Waals surface area contributed by atoms with E-state index in [0.717, 1.165) is 12.8 Å². The van der Waals surface area contributed by atoms with Crippen LogP contribution in [0.25, 0.3) is 0 Å². The molecule has 1 aromatic carbocycles. The summed E-state index contributed by atoms with van der Waals surface area (Å²) < 4.78 is 0. The average molecular weight is 396 g/mol. The molecule has 0 heterocycles. The summed E-state index contributed by atoms with van der Waals surface area (Å²) in [6, 6.07) is 12.3. The topological polar surface area (TPSA) is 0 Å². The van der Waals surface area contributed by atoms with Gasteiger partial charge in [0, 0.05) is 0 Å². The van der Waals surface area contributed by atoms with Gasteiger partial charge in [0.15, 0.2) is 0 Å². The van der Waals surface area contributed by atoms with E-state index in [0.29, 0.717) is 0 Å². The van der Waals surface area contributed by atoms with Crippen molar-refractivity contribution in [2.45, 2.75) is 39.3 Å². The minimum atomic E-state index is -1.51. The molecule has 5 heteroatoms. The Morgan fingerprint density at radius 1 is 1.05 bits per heavy atom. The summed E-state index contributed by atoms with van der Waals surface area (Å²) in [5.41, 5.74) is 1.55. The van der Waals surface area contributed by atoms with E-state index < -0.39 is 8.07 Å². The van der Waals surface area contributed by atoms with E-state index in [1.54, 1.807) is 16.0 Å². The second kappa shape index (κ2) is 12.0. The minimum absolute atomic E-state index is 0. The molecule has 114 valence electrons. The smallest absolute Gasteiger partial charge is 1.00 e. The maximum absolute atomic E-state index is 3.63. The molecule has 0 amide bonds. The summed E-state index contributed by atoms with van der Waals surface area (Å²) in [6.45, 7) is 7.08. The quantitative estimate of drug-likeness (QED) is 0.354. The van der Waals surface area contributed by atoms with Crippen molar-refractivity contribution in [3.05, 3.63) is 53.3 Å². The summed E-state index contributed by atoms with van der Waals surface area (Å²) in [4.78, 5) is 0. The molecule has 0 fully saturated rings. The molecular weight excluding hydrogens is 374 g/mol. The number of hydrogen-bond acceptors (Lipinski definition) is 0. The summed E-state index contributed by atoms with van der Waals surface area (Å²) in [7, 11) is -1.51. The van der Waals surface area contributed by atoms with Gasteiger partial charge >= 0.3 is 21.7 Å². The van der Waals surface area contributed by atoms with Crippen molar-refractivity contribution in [1.29, 1.82) is 0 Å². The Morgan fingerprint density at radius 3 is 2.10 bits per heavy atom. The molecule has 21 heavy (non-hydrogen) atoms. The van der Waals surface area contributed by atoms with Gasteiger partial charge in [0.25, 0.3) is 0 Å². The summed E-state index contributed by atoms with van der Waals surface area (Å²) in [5.74, 6) is 0. The maximum Gasteiger partial charge on any atom is 4.00 e. The first-order chi connectivity index (χ1) is 8.22. The van der Waals surface area contributed by atoms with Gasteiger partial charge in [0.2, 0.25) is 0 Å². The number of hydrogen-bond donors (Lipinski definition) is 0. The van der Waals surface area contributed by atoms with Gasteiger partial charge in [-0.1, -0.05) is 68.4 Å². The molecule has 1 aromatic rings. The van der Waals surface area contributed by atoms with Crippen LogP contribution in [0.15, 0.2) is 47.2 Å². The van der Waals surface area contributed by atoms with Gasteiger partial charge in [0.05, 0.1) is 8.07 Å². The molecule has 0 nitrogen and oxygen atoms in total. The number of rotatable bonds is 4. The third kappa shape index (κ3) is 5.57. The molecular formula is C16H21Cl3SiTi. The van der Waals surface area contributed by atoms with Crippen LogP contribution in [-0.2, 0) is 21.7 Å². The number of benzene rings is 1. The van der Waals surface area contributed by atoms with Crippen molar-refractivity contribution in [2.24, 2.45) is 0 Å². The zero-order valence-electron chi connectivity index (χ0n) is 12.7. The zero-order valence-corrected chi connectivity index (χ0v) is 17.5. The van der Waals surface area contributed by atoms with E-state index in [1.165, 1.54) is 6.04 Å². The van der Waals surface area contributed by atoms with Crippen molar-refractivity contribution < 1.29 is 58.9 Å². The Hall–Kier alpha value is 0.501. The van der Waals surface area contributed by atoms with Gasteiger partial charge in [-0.3, -0.25) is 6.08 Å². The van der Waals surface area contributed by atoms with Crippen LogP contribution >= 0.6 is 0 Å². The normalized spacial score (nSPS) is 15.0. The van der Waals surface area contributed by atoms with Crippen molar-refractivity contribution in [1.82, 2.24) is 0 Å². The molecule has 0 radical (unpaired) electrons. The van der Waals surface area contributed by atoms with Gasteiger partial charge in [-0.15, -0.1) is 6.42 Å².